The molecule has 4 rings (SSSR count). The van der Waals surface area contributed by atoms with E-state index in [-0.39, 0.29) is 11.3 Å². The Morgan fingerprint density at radius 1 is 1.00 bits per heavy atom. The van der Waals surface area contributed by atoms with E-state index in [4.69, 9.17) is 4.99 Å². The molecule has 2 aromatic carbocycles. The first-order chi connectivity index (χ1) is 12.6. The lowest BCUT2D eigenvalue weighted by Gasteiger charge is -2.51. The number of rotatable bonds is 2. The summed E-state index contributed by atoms with van der Waals surface area (Å²) in [5.41, 5.74) is 2.59. The first-order valence-corrected chi connectivity index (χ1v) is 9.53. The molecule has 1 amide bonds. The van der Waals surface area contributed by atoms with Crippen molar-refractivity contribution < 1.29 is 4.79 Å². The largest absolute Gasteiger partial charge is 0.307 e. The molecule has 2 aromatic rings. The number of benzene rings is 2. The number of fused-ring (bicyclic) bond motifs is 2. The molecular weight excluding hydrogens is 320 g/mol. The second-order valence-corrected chi connectivity index (χ2v) is 7.98. The van der Waals surface area contributed by atoms with Crippen molar-refractivity contribution >= 4 is 17.8 Å². The predicted octanol–water partition coefficient (Wildman–Crippen LogP) is 4.75. The van der Waals surface area contributed by atoms with Gasteiger partial charge >= 0.3 is 0 Å². The van der Waals surface area contributed by atoms with Crippen LogP contribution in [-0.2, 0) is 16.8 Å². The Labute approximate surface area is 155 Å². The van der Waals surface area contributed by atoms with Crippen molar-refractivity contribution in [2.24, 2.45) is 10.4 Å². The third-order valence-corrected chi connectivity index (χ3v) is 6.17. The summed E-state index contributed by atoms with van der Waals surface area (Å²) in [7, 11) is 0. The smallest absolute Gasteiger partial charge is 0.234 e. The Bertz CT molecular complexity index is 840. The molecule has 26 heavy (non-hydrogen) atoms. The van der Waals surface area contributed by atoms with Crippen LogP contribution in [0.4, 0.5) is 5.69 Å². The fraction of sp³-hybridized carbons (Fsp3) is 0.391. The molecule has 0 unspecified atom stereocenters. The van der Waals surface area contributed by atoms with Gasteiger partial charge in [0.2, 0.25) is 5.91 Å². The van der Waals surface area contributed by atoms with Crippen LogP contribution in [-0.4, -0.2) is 18.7 Å². The van der Waals surface area contributed by atoms with E-state index in [2.05, 4.69) is 50.4 Å². The van der Waals surface area contributed by atoms with Gasteiger partial charge in [-0.2, -0.15) is 0 Å². The van der Waals surface area contributed by atoms with Gasteiger partial charge in [-0.05, 0) is 43.9 Å². The average Bonchev–Trinajstić information content (AvgIpc) is 2.93. The summed E-state index contributed by atoms with van der Waals surface area (Å²) in [5.74, 6) is 0.188. The van der Waals surface area contributed by atoms with Crippen LogP contribution in [0.1, 0.15) is 44.2 Å². The van der Waals surface area contributed by atoms with E-state index in [0.717, 1.165) is 37.1 Å². The topological polar surface area (TPSA) is 32.7 Å². The van der Waals surface area contributed by atoms with Gasteiger partial charge in [0.15, 0.2) is 0 Å². The van der Waals surface area contributed by atoms with Crippen molar-refractivity contribution in [1.82, 2.24) is 0 Å². The minimum absolute atomic E-state index is 0.188. The number of nitrogens with zero attached hydrogens (tertiary/aromatic N) is 2. The molecule has 0 fully saturated rings. The van der Waals surface area contributed by atoms with Crippen molar-refractivity contribution in [1.29, 1.82) is 0 Å². The lowest BCUT2D eigenvalue weighted by Crippen LogP contribution is -2.58. The molecule has 0 saturated heterocycles. The van der Waals surface area contributed by atoms with Gasteiger partial charge in [-0.3, -0.25) is 9.79 Å². The standard InChI is InChI=1S/C23H26N2O/c1-22(2)21(26)25(16-18-10-4-3-5-11-18)20-13-7-6-12-19(20)23(22)14-8-9-15-24-17-23/h3-7,10-13,17H,8-9,14-16H2,1-2H3/t23-/m1/s1. The maximum atomic E-state index is 13.7. The first-order valence-electron chi connectivity index (χ1n) is 9.53. The molecular formula is C23H26N2O. The molecule has 0 aliphatic carbocycles. The Hall–Kier alpha value is -2.42. The number of anilines is 1. The number of hydrogen-bond acceptors (Lipinski definition) is 2. The molecule has 0 N–H and O–H groups in total. The molecule has 1 atom stereocenters. The van der Waals surface area contributed by atoms with Crippen LogP contribution in [0.25, 0.3) is 0 Å². The zero-order chi connectivity index (χ0) is 18.2. The molecule has 1 spiro atoms. The quantitative estimate of drug-likeness (QED) is 0.772. The molecule has 3 nitrogen and oxygen atoms in total. The van der Waals surface area contributed by atoms with Crippen LogP contribution in [0.15, 0.2) is 59.6 Å². The Balaban J connectivity index is 1.87. The van der Waals surface area contributed by atoms with Gasteiger partial charge < -0.3 is 4.90 Å². The Morgan fingerprint density at radius 3 is 2.54 bits per heavy atom. The number of carbonyl (C=O) groups excluding carboxylic acids is 1. The van der Waals surface area contributed by atoms with Gasteiger partial charge in [0.1, 0.15) is 0 Å². The normalized spacial score (nSPS) is 24.4. The number of aliphatic imine (C=N–C) groups is 1. The lowest BCUT2D eigenvalue weighted by atomic mass is 9.57. The summed E-state index contributed by atoms with van der Waals surface area (Å²) < 4.78 is 0. The summed E-state index contributed by atoms with van der Waals surface area (Å²) in [6.45, 7) is 5.66. The summed E-state index contributed by atoms with van der Waals surface area (Å²) in [6, 6.07) is 18.6. The minimum atomic E-state index is -0.524. The fourth-order valence-corrected chi connectivity index (χ4v) is 4.55. The van der Waals surface area contributed by atoms with Crippen LogP contribution >= 0.6 is 0 Å². The molecule has 3 heteroatoms. The Kier molecular flexibility index (Phi) is 4.18. The van der Waals surface area contributed by atoms with Crippen LogP contribution in [0.3, 0.4) is 0 Å². The molecule has 0 saturated carbocycles. The van der Waals surface area contributed by atoms with Crippen molar-refractivity contribution in [3.63, 3.8) is 0 Å². The maximum absolute atomic E-state index is 13.7. The summed E-state index contributed by atoms with van der Waals surface area (Å²) in [4.78, 5) is 20.3. The van der Waals surface area contributed by atoms with Crippen molar-refractivity contribution in [3.8, 4) is 0 Å². The zero-order valence-corrected chi connectivity index (χ0v) is 15.6. The van der Waals surface area contributed by atoms with E-state index in [9.17, 15) is 4.79 Å². The molecule has 2 aliphatic rings. The highest BCUT2D eigenvalue weighted by Crippen LogP contribution is 2.53. The third kappa shape index (κ3) is 2.49. The van der Waals surface area contributed by atoms with Gasteiger partial charge in [0.25, 0.3) is 0 Å². The predicted molar refractivity (Wildman–Crippen MR) is 107 cm³/mol. The van der Waals surface area contributed by atoms with Gasteiger partial charge in [-0.1, -0.05) is 55.0 Å². The molecule has 0 bridgehead atoms. The van der Waals surface area contributed by atoms with Gasteiger partial charge in [0, 0.05) is 23.9 Å². The monoisotopic (exact) mass is 346 g/mol. The molecule has 2 heterocycles. The Morgan fingerprint density at radius 2 is 1.73 bits per heavy atom. The van der Waals surface area contributed by atoms with E-state index in [1.165, 1.54) is 5.56 Å². The highest BCUT2D eigenvalue weighted by molar-refractivity contribution is 6.06. The van der Waals surface area contributed by atoms with Crippen LogP contribution in [0.2, 0.25) is 0 Å². The van der Waals surface area contributed by atoms with Crippen LogP contribution in [0.5, 0.6) is 0 Å². The second-order valence-electron chi connectivity index (χ2n) is 7.98. The van der Waals surface area contributed by atoms with E-state index < -0.39 is 5.41 Å². The van der Waals surface area contributed by atoms with Crippen molar-refractivity contribution in [2.45, 2.75) is 45.1 Å². The van der Waals surface area contributed by atoms with E-state index in [1.807, 2.05) is 29.2 Å². The van der Waals surface area contributed by atoms with E-state index in [1.54, 1.807) is 0 Å². The SMILES string of the molecule is CC1(C)C(=O)N(Cc2ccccc2)c2ccccc2[C@@]12C=NCCCC2. The number of para-hydroxylation sites is 1. The minimum Gasteiger partial charge on any atom is -0.307 e. The zero-order valence-electron chi connectivity index (χ0n) is 15.6. The second kappa shape index (κ2) is 6.39. The number of carbonyl (C=O) groups is 1. The molecule has 0 aromatic heterocycles. The number of amides is 1. The average molecular weight is 346 g/mol. The third-order valence-electron chi connectivity index (χ3n) is 6.17. The molecule has 0 radical (unpaired) electrons. The number of hydrogen-bond donors (Lipinski definition) is 0. The molecule has 134 valence electrons. The van der Waals surface area contributed by atoms with Crippen LogP contribution < -0.4 is 4.90 Å². The van der Waals surface area contributed by atoms with Crippen LogP contribution in [0, 0.1) is 5.41 Å². The maximum Gasteiger partial charge on any atom is 0.234 e. The summed E-state index contributed by atoms with van der Waals surface area (Å²) in [5, 5.41) is 0. The fourth-order valence-electron chi connectivity index (χ4n) is 4.55. The van der Waals surface area contributed by atoms with Gasteiger partial charge in [-0.25, -0.2) is 0 Å². The highest BCUT2D eigenvalue weighted by Gasteiger charge is 2.56. The molecule has 2 aliphatic heterocycles. The van der Waals surface area contributed by atoms with Gasteiger partial charge in [-0.15, -0.1) is 0 Å². The lowest BCUT2D eigenvalue weighted by molar-refractivity contribution is -0.130. The summed E-state index contributed by atoms with van der Waals surface area (Å²) >= 11 is 0. The summed E-state index contributed by atoms with van der Waals surface area (Å²) in [6.07, 6.45) is 5.27. The van der Waals surface area contributed by atoms with Crippen molar-refractivity contribution in [3.05, 3.63) is 65.7 Å². The highest BCUT2D eigenvalue weighted by atomic mass is 16.2. The van der Waals surface area contributed by atoms with E-state index in [0.29, 0.717) is 6.54 Å². The van der Waals surface area contributed by atoms with Gasteiger partial charge in [0.05, 0.1) is 12.0 Å². The van der Waals surface area contributed by atoms with E-state index >= 15 is 0 Å². The van der Waals surface area contributed by atoms with Crippen molar-refractivity contribution in [2.75, 3.05) is 11.4 Å². The first kappa shape index (κ1) is 17.0.